The molecule has 1 saturated carbocycles. The van der Waals surface area contributed by atoms with E-state index in [0.717, 1.165) is 18.2 Å². The van der Waals surface area contributed by atoms with Crippen molar-refractivity contribution >= 4 is 0 Å². The monoisotopic (exact) mass is 302 g/mol. The smallest absolute Gasteiger partial charge is 0.131 e. The normalized spacial score (nSPS) is 21.9. The quantitative estimate of drug-likeness (QED) is 0.518. The van der Waals surface area contributed by atoms with Crippen LogP contribution in [0.5, 0.6) is 0 Å². The summed E-state index contributed by atoms with van der Waals surface area (Å²) < 4.78 is 0. The molecule has 2 heteroatoms. The van der Waals surface area contributed by atoms with Gasteiger partial charge in [0.25, 0.3) is 0 Å². The summed E-state index contributed by atoms with van der Waals surface area (Å²) in [6.45, 7) is 4.52. The van der Waals surface area contributed by atoms with E-state index in [1.807, 2.05) is 0 Å². The first kappa shape index (κ1) is 17.4. The average molecular weight is 303 g/mol. The van der Waals surface area contributed by atoms with Gasteiger partial charge < -0.3 is 0 Å². The highest BCUT2D eigenvalue weighted by Gasteiger charge is 2.23. The summed E-state index contributed by atoms with van der Waals surface area (Å²) in [4.78, 5) is 9.31. The van der Waals surface area contributed by atoms with Gasteiger partial charge in [0, 0.05) is 18.3 Å². The molecular formula is C20H34N2. The van der Waals surface area contributed by atoms with Crippen LogP contribution in [-0.4, -0.2) is 9.97 Å². The molecule has 0 aromatic carbocycles. The minimum absolute atomic E-state index is 0.618. The third kappa shape index (κ3) is 5.70. The van der Waals surface area contributed by atoms with Gasteiger partial charge in [0.1, 0.15) is 5.82 Å². The molecule has 0 atom stereocenters. The Kier molecular flexibility index (Phi) is 7.90. The van der Waals surface area contributed by atoms with Crippen molar-refractivity contribution in [3.05, 3.63) is 23.8 Å². The van der Waals surface area contributed by atoms with Crippen LogP contribution in [0.15, 0.2) is 12.4 Å². The molecule has 0 unspecified atom stereocenters. The van der Waals surface area contributed by atoms with E-state index < -0.39 is 0 Å². The van der Waals surface area contributed by atoms with Crippen LogP contribution in [0.3, 0.4) is 0 Å². The Bertz CT molecular complexity index is 391. The first-order valence-corrected chi connectivity index (χ1v) is 9.64. The molecule has 1 aliphatic carbocycles. The van der Waals surface area contributed by atoms with Gasteiger partial charge in [-0.1, -0.05) is 52.4 Å². The molecule has 1 heterocycles. The summed E-state index contributed by atoms with van der Waals surface area (Å²) in [6.07, 6.45) is 20.2. The third-order valence-electron chi connectivity index (χ3n) is 5.22. The van der Waals surface area contributed by atoms with Crippen molar-refractivity contribution in [3.63, 3.8) is 0 Å². The molecule has 0 spiro atoms. The molecule has 1 aliphatic rings. The van der Waals surface area contributed by atoms with E-state index in [1.54, 1.807) is 0 Å². The molecule has 0 radical (unpaired) electrons. The van der Waals surface area contributed by atoms with E-state index in [4.69, 9.17) is 0 Å². The van der Waals surface area contributed by atoms with E-state index in [-0.39, 0.29) is 0 Å². The molecule has 0 bridgehead atoms. The Hall–Kier alpha value is -0.920. The Labute approximate surface area is 137 Å². The lowest BCUT2D eigenvalue weighted by atomic mass is 9.79. The number of aryl methyl sites for hydroxylation is 1. The van der Waals surface area contributed by atoms with Crippen LogP contribution < -0.4 is 0 Å². The molecular weight excluding hydrogens is 268 g/mol. The van der Waals surface area contributed by atoms with Crippen LogP contribution >= 0.6 is 0 Å². The van der Waals surface area contributed by atoms with E-state index in [1.165, 1.54) is 76.2 Å². The molecule has 124 valence electrons. The van der Waals surface area contributed by atoms with Crippen molar-refractivity contribution in [2.45, 2.75) is 96.8 Å². The van der Waals surface area contributed by atoms with Crippen molar-refractivity contribution < 1.29 is 0 Å². The van der Waals surface area contributed by atoms with Gasteiger partial charge in [-0.15, -0.1) is 0 Å². The molecule has 0 aliphatic heterocycles. The van der Waals surface area contributed by atoms with Crippen molar-refractivity contribution in [2.75, 3.05) is 0 Å². The van der Waals surface area contributed by atoms with Crippen LogP contribution in [0.2, 0.25) is 0 Å². The molecule has 0 N–H and O–H groups in total. The molecule has 0 saturated heterocycles. The van der Waals surface area contributed by atoms with Gasteiger partial charge in [-0.25, -0.2) is 9.97 Å². The maximum absolute atomic E-state index is 4.66. The molecule has 1 fully saturated rings. The molecule has 0 amide bonds. The first-order chi connectivity index (χ1) is 10.8. The van der Waals surface area contributed by atoms with Gasteiger partial charge >= 0.3 is 0 Å². The largest absolute Gasteiger partial charge is 0.241 e. The van der Waals surface area contributed by atoms with E-state index in [9.17, 15) is 0 Å². The Balaban J connectivity index is 1.72. The van der Waals surface area contributed by atoms with Crippen molar-refractivity contribution in [1.82, 2.24) is 9.97 Å². The van der Waals surface area contributed by atoms with Crippen molar-refractivity contribution in [3.8, 4) is 0 Å². The predicted molar refractivity (Wildman–Crippen MR) is 94.1 cm³/mol. The van der Waals surface area contributed by atoms with Gasteiger partial charge in [-0.05, 0) is 50.0 Å². The fourth-order valence-electron chi connectivity index (χ4n) is 3.65. The molecule has 1 aromatic heterocycles. The Morgan fingerprint density at radius 2 is 1.55 bits per heavy atom. The number of hydrogen-bond acceptors (Lipinski definition) is 2. The summed E-state index contributed by atoms with van der Waals surface area (Å²) in [5.74, 6) is 2.69. The number of unbranched alkanes of at least 4 members (excludes halogenated alkanes) is 4. The molecule has 2 nitrogen and oxygen atoms in total. The summed E-state index contributed by atoms with van der Waals surface area (Å²) in [6, 6.07) is 0. The number of aromatic nitrogens is 2. The van der Waals surface area contributed by atoms with Crippen LogP contribution in [0.1, 0.15) is 102 Å². The second kappa shape index (κ2) is 9.97. The standard InChI is InChI=1S/C20H34N2/c1-3-5-7-8-10-17-11-13-19(14-12-17)20-21-15-18(16-22-20)9-6-4-2/h15-17,19H,3-14H2,1-2H3/t17-,19-. The molecule has 2 rings (SSSR count). The number of rotatable bonds is 9. The Morgan fingerprint density at radius 1 is 0.864 bits per heavy atom. The Morgan fingerprint density at radius 3 is 2.18 bits per heavy atom. The maximum atomic E-state index is 4.66. The van der Waals surface area contributed by atoms with Gasteiger partial charge in [-0.3, -0.25) is 0 Å². The topological polar surface area (TPSA) is 25.8 Å². The summed E-state index contributed by atoms with van der Waals surface area (Å²) in [5.41, 5.74) is 1.30. The van der Waals surface area contributed by atoms with Gasteiger partial charge in [0.05, 0.1) is 0 Å². The van der Waals surface area contributed by atoms with Gasteiger partial charge in [-0.2, -0.15) is 0 Å². The highest BCUT2D eigenvalue weighted by Crippen LogP contribution is 2.36. The SMILES string of the molecule is CCCCCC[C@H]1CC[C@H](c2ncc(CCCC)cn2)CC1. The zero-order valence-electron chi connectivity index (χ0n) is 14.7. The lowest BCUT2D eigenvalue weighted by Gasteiger charge is -2.27. The van der Waals surface area contributed by atoms with E-state index in [2.05, 4.69) is 36.2 Å². The van der Waals surface area contributed by atoms with E-state index >= 15 is 0 Å². The van der Waals surface area contributed by atoms with Crippen LogP contribution in [-0.2, 0) is 6.42 Å². The first-order valence-electron chi connectivity index (χ1n) is 9.64. The third-order valence-corrected chi connectivity index (χ3v) is 5.22. The minimum Gasteiger partial charge on any atom is -0.241 e. The minimum atomic E-state index is 0.618. The highest BCUT2D eigenvalue weighted by atomic mass is 14.9. The predicted octanol–water partition coefficient (Wildman–Crippen LogP) is 6.06. The summed E-state index contributed by atoms with van der Waals surface area (Å²) >= 11 is 0. The number of hydrogen-bond donors (Lipinski definition) is 0. The number of nitrogens with zero attached hydrogens (tertiary/aromatic N) is 2. The zero-order chi connectivity index (χ0) is 15.6. The second-order valence-electron chi connectivity index (χ2n) is 7.12. The fourth-order valence-corrected chi connectivity index (χ4v) is 3.65. The van der Waals surface area contributed by atoms with Crippen LogP contribution in [0.4, 0.5) is 0 Å². The van der Waals surface area contributed by atoms with Gasteiger partial charge in [0.15, 0.2) is 0 Å². The second-order valence-corrected chi connectivity index (χ2v) is 7.12. The van der Waals surface area contributed by atoms with Crippen LogP contribution in [0, 0.1) is 5.92 Å². The summed E-state index contributed by atoms with van der Waals surface area (Å²) in [7, 11) is 0. The maximum Gasteiger partial charge on any atom is 0.131 e. The molecule has 1 aromatic rings. The van der Waals surface area contributed by atoms with E-state index in [0.29, 0.717) is 5.92 Å². The van der Waals surface area contributed by atoms with Gasteiger partial charge in [0.2, 0.25) is 0 Å². The fraction of sp³-hybridized carbons (Fsp3) is 0.800. The average Bonchev–Trinajstić information content (AvgIpc) is 2.58. The zero-order valence-corrected chi connectivity index (χ0v) is 14.7. The lowest BCUT2D eigenvalue weighted by molar-refractivity contribution is 0.296. The highest BCUT2D eigenvalue weighted by molar-refractivity contribution is 5.08. The van der Waals surface area contributed by atoms with Crippen molar-refractivity contribution in [2.24, 2.45) is 5.92 Å². The lowest BCUT2D eigenvalue weighted by Crippen LogP contribution is -2.15. The summed E-state index contributed by atoms with van der Waals surface area (Å²) in [5, 5.41) is 0. The molecule has 22 heavy (non-hydrogen) atoms. The van der Waals surface area contributed by atoms with Crippen LogP contribution in [0.25, 0.3) is 0 Å². The van der Waals surface area contributed by atoms with Crippen molar-refractivity contribution in [1.29, 1.82) is 0 Å².